The summed E-state index contributed by atoms with van der Waals surface area (Å²) in [6.45, 7) is 2.58. The van der Waals surface area contributed by atoms with Crippen molar-refractivity contribution >= 4 is 0 Å². The van der Waals surface area contributed by atoms with Crippen molar-refractivity contribution in [3.8, 4) is 12.3 Å². The van der Waals surface area contributed by atoms with Crippen LogP contribution in [-0.2, 0) is 0 Å². The van der Waals surface area contributed by atoms with Crippen molar-refractivity contribution in [2.45, 2.75) is 6.18 Å². The summed E-state index contributed by atoms with van der Waals surface area (Å²) in [5.74, 6) is 1.39. The SMILES string of the molecule is C#CC(=C)C(F)(F)F. The van der Waals surface area contributed by atoms with E-state index < -0.39 is 11.7 Å². The van der Waals surface area contributed by atoms with Crippen LogP contribution in [-0.4, -0.2) is 6.18 Å². The lowest BCUT2D eigenvalue weighted by atomic mass is 10.3. The zero-order valence-electron chi connectivity index (χ0n) is 3.92. The third-order valence-corrected chi connectivity index (χ3v) is 0.516. The largest absolute Gasteiger partial charge is 0.423 e. The van der Waals surface area contributed by atoms with Gasteiger partial charge in [-0.25, -0.2) is 0 Å². The standard InChI is InChI=1S/C5H3F3/c1-3-4(2)5(6,7)8/h1H,2H2. The summed E-state index contributed by atoms with van der Waals surface area (Å²) < 4.78 is 33.6. The van der Waals surface area contributed by atoms with E-state index in [1.807, 2.05) is 0 Å². The van der Waals surface area contributed by atoms with Gasteiger partial charge in [-0.1, -0.05) is 12.5 Å². The monoisotopic (exact) mass is 120 g/mol. The first-order valence-corrected chi connectivity index (χ1v) is 1.71. The summed E-state index contributed by atoms with van der Waals surface area (Å²) in [6, 6.07) is 0. The third kappa shape index (κ3) is 1.69. The Morgan fingerprint density at radius 2 is 1.88 bits per heavy atom. The molecule has 0 spiro atoms. The van der Waals surface area contributed by atoms with Crippen LogP contribution < -0.4 is 0 Å². The minimum atomic E-state index is -4.42. The van der Waals surface area contributed by atoms with Crippen LogP contribution in [0.25, 0.3) is 0 Å². The van der Waals surface area contributed by atoms with Crippen molar-refractivity contribution in [1.29, 1.82) is 0 Å². The first-order chi connectivity index (χ1) is 3.48. The van der Waals surface area contributed by atoms with Crippen molar-refractivity contribution in [3.63, 3.8) is 0 Å². The number of alkyl halides is 3. The Hall–Kier alpha value is -0.910. The van der Waals surface area contributed by atoms with E-state index in [-0.39, 0.29) is 0 Å². The normalized spacial score (nSPS) is 10.2. The van der Waals surface area contributed by atoms with Gasteiger partial charge in [-0.05, 0) is 0 Å². The molecule has 0 aromatic rings. The smallest absolute Gasteiger partial charge is 0.165 e. The predicted octanol–water partition coefficient (Wildman–Crippen LogP) is 1.74. The zero-order chi connectivity index (χ0) is 6.78. The number of hydrogen-bond donors (Lipinski definition) is 0. The molecule has 8 heavy (non-hydrogen) atoms. The molecule has 0 unspecified atom stereocenters. The maximum atomic E-state index is 11.2. The molecular weight excluding hydrogens is 117 g/mol. The second-order valence-electron chi connectivity index (χ2n) is 1.12. The van der Waals surface area contributed by atoms with Gasteiger partial charge in [0.05, 0.1) is 5.57 Å². The molecule has 0 rings (SSSR count). The summed E-state index contributed by atoms with van der Waals surface area (Å²) in [4.78, 5) is 0. The topological polar surface area (TPSA) is 0 Å². The minimum Gasteiger partial charge on any atom is -0.165 e. The van der Waals surface area contributed by atoms with Crippen LogP contribution >= 0.6 is 0 Å². The Morgan fingerprint density at radius 1 is 1.50 bits per heavy atom. The molecule has 0 N–H and O–H groups in total. The van der Waals surface area contributed by atoms with Crippen LogP contribution in [0.15, 0.2) is 12.2 Å². The van der Waals surface area contributed by atoms with E-state index >= 15 is 0 Å². The van der Waals surface area contributed by atoms with Crippen LogP contribution in [0.1, 0.15) is 0 Å². The van der Waals surface area contributed by atoms with E-state index in [1.54, 1.807) is 0 Å². The van der Waals surface area contributed by atoms with Crippen molar-refractivity contribution in [2.75, 3.05) is 0 Å². The Balaban J connectivity index is 4.09. The highest BCUT2D eigenvalue weighted by atomic mass is 19.4. The average molecular weight is 120 g/mol. The van der Waals surface area contributed by atoms with Crippen molar-refractivity contribution in [1.82, 2.24) is 0 Å². The Bertz CT molecular complexity index is 135. The van der Waals surface area contributed by atoms with E-state index in [0.717, 1.165) is 0 Å². The van der Waals surface area contributed by atoms with Gasteiger partial charge in [0, 0.05) is 0 Å². The molecule has 0 saturated heterocycles. The van der Waals surface area contributed by atoms with Crippen molar-refractivity contribution in [2.24, 2.45) is 0 Å². The molecule has 0 heterocycles. The maximum Gasteiger partial charge on any atom is 0.423 e. The molecule has 0 saturated carbocycles. The predicted molar refractivity (Wildman–Crippen MR) is 24.0 cm³/mol. The summed E-state index contributed by atoms with van der Waals surface area (Å²) in [5, 5.41) is 0. The summed E-state index contributed by atoms with van der Waals surface area (Å²) in [6.07, 6.45) is -0.0332. The van der Waals surface area contributed by atoms with E-state index in [9.17, 15) is 13.2 Å². The van der Waals surface area contributed by atoms with Gasteiger partial charge in [0.25, 0.3) is 0 Å². The van der Waals surface area contributed by atoms with Crippen molar-refractivity contribution in [3.05, 3.63) is 12.2 Å². The fourth-order valence-electron chi connectivity index (χ4n) is 0.0818. The van der Waals surface area contributed by atoms with Gasteiger partial charge in [0.15, 0.2) is 0 Å². The molecular formula is C5H3F3. The van der Waals surface area contributed by atoms with Crippen LogP contribution in [0, 0.1) is 12.3 Å². The van der Waals surface area contributed by atoms with Gasteiger partial charge in [-0.3, -0.25) is 0 Å². The lowest BCUT2D eigenvalue weighted by Crippen LogP contribution is -2.08. The van der Waals surface area contributed by atoms with Crippen molar-refractivity contribution < 1.29 is 13.2 Å². The van der Waals surface area contributed by atoms with Gasteiger partial charge in [-0.15, -0.1) is 6.42 Å². The molecule has 0 aliphatic heterocycles. The van der Waals surface area contributed by atoms with Crippen LogP contribution in [0.5, 0.6) is 0 Å². The van der Waals surface area contributed by atoms with Gasteiger partial charge < -0.3 is 0 Å². The lowest BCUT2D eigenvalue weighted by Gasteiger charge is -2.00. The Labute approximate surface area is 45.0 Å². The average Bonchev–Trinajstić information content (AvgIpc) is 1.62. The Morgan fingerprint density at radius 3 is 1.88 bits per heavy atom. The molecule has 44 valence electrons. The van der Waals surface area contributed by atoms with E-state index in [0.29, 0.717) is 0 Å². The summed E-state index contributed by atoms with van der Waals surface area (Å²) in [7, 11) is 0. The number of halogens is 3. The van der Waals surface area contributed by atoms with E-state index in [1.165, 1.54) is 5.92 Å². The molecule has 0 aromatic carbocycles. The van der Waals surface area contributed by atoms with Gasteiger partial charge in [0.2, 0.25) is 0 Å². The minimum absolute atomic E-state index is 1.14. The quantitative estimate of drug-likeness (QED) is 0.427. The zero-order valence-corrected chi connectivity index (χ0v) is 3.92. The van der Waals surface area contributed by atoms with E-state index in [2.05, 4.69) is 13.0 Å². The lowest BCUT2D eigenvalue weighted by molar-refractivity contribution is -0.0867. The van der Waals surface area contributed by atoms with Gasteiger partial charge in [-0.2, -0.15) is 13.2 Å². The fraction of sp³-hybridized carbons (Fsp3) is 0.200. The molecule has 0 aliphatic carbocycles. The molecule has 0 nitrogen and oxygen atoms in total. The number of rotatable bonds is 0. The maximum absolute atomic E-state index is 11.2. The molecule has 0 bridgehead atoms. The number of hydrogen-bond acceptors (Lipinski definition) is 0. The highest BCUT2D eigenvalue weighted by Gasteiger charge is 2.30. The third-order valence-electron chi connectivity index (χ3n) is 0.516. The first-order valence-electron chi connectivity index (χ1n) is 1.71. The van der Waals surface area contributed by atoms with Gasteiger partial charge >= 0.3 is 6.18 Å². The second kappa shape index (κ2) is 1.91. The molecule has 0 atom stereocenters. The molecule has 0 aromatic heterocycles. The molecule has 3 heteroatoms. The first kappa shape index (κ1) is 7.09. The van der Waals surface area contributed by atoms with Crippen LogP contribution in [0.3, 0.4) is 0 Å². The number of terminal acetylenes is 1. The number of allylic oxidation sites excluding steroid dienone is 1. The highest BCUT2D eigenvalue weighted by Crippen LogP contribution is 2.22. The Kier molecular flexibility index (Phi) is 1.69. The highest BCUT2D eigenvalue weighted by molar-refractivity contribution is 5.25. The van der Waals surface area contributed by atoms with Gasteiger partial charge in [0.1, 0.15) is 0 Å². The van der Waals surface area contributed by atoms with Crippen LogP contribution in [0.2, 0.25) is 0 Å². The van der Waals surface area contributed by atoms with E-state index in [4.69, 9.17) is 0 Å². The molecule has 0 amide bonds. The molecule has 0 aliphatic rings. The second-order valence-corrected chi connectivity index (χ2v) is 1.12. The summed E-state index contributed by atoms with van der Waals surface area (Å²) in [5.41, 5.74) is -1.14. The molecule has 0 fully saturated rings. The summed E-state index contributed by atoms with van der Waals surface area (Å²) >= 11 is 0. The molecule has 0 radical (unpaired) electrons. The van der Waals surface area contributed by atoms with Crippen LogP contribution in [0.4, 0.5) is 13.2 Å². The fourth-order valence-corrected chi connectivity index (χ4v) is 0.0818.